The Bertz CT molecular complexity index is 550. The number of carbonyl (C=O) groups is 2. The summed E-state index contributed by atoms with van der Waals surface area (Å²) in [4.78, 5) is 23.6. The molecule has 4 nitrogen and oxygen atoms in total. The van der Waals surface area contributed by atoms with Crippen molar-refractivity contribution in [3.05, 3.63) is 34.1 Å². The average Bonchev–Trinajstić information content (AvgIpc) is 2.67. The van der Waals surface area contributed by atoms with Crippen LogP contribution in [-0.2, 0) is 4.79 Å². The van der Waals surface area contributed by atoms with Crippen LogP contribution in [0.3, 0.4) is 0 Å². The fourth-order valence-corrected chi connectivity index (χ4v) is 3.15. The molecule has 1 fully saturated rings. The number of hydrogen-bond acceptors (Lipinski definition) is 2. The minimum Gasteiger partial charge on any atom is -0.481 e. The Hall–Kier alpha value is -1.43. The zero-order valence-electron chi connectivity index (χ0n) is 11.4. The van der Waals surface area contributed by atoms with Gasteiger partial charge in [0.15, 0.2) is 0 Å². The summed E-state index contributed by atoms with van der Waals surface area (Å²) in [5.41, 5.74) is 0.184. The minimum absolute atomic E-state index is 0.1000. The molecule has 0 spiro atoms. The molecule has 2 rings (SSSR count). The first kappa shape index (κ1) is 15.9. The van der Waals surface area contributed by atoms with Crippen molar-refractivity contribution in [3.63, 3.8) is 0 Å². The van der Waals surface area contributed by atoms with E-state index in [0.29, 0.717) is 12.8 Å². The van der Waals surface area contributed by atoms with E-state index in [1.54, 1.807) is 0 Å². The lowest BCUT2D eigenvalue weighted by Gasteiger charge is -2.23. The van der Waals surface area contributed by atoms with Gasteiger partial charge in [-0.1, -0.05) is 25.3 Å². The van der Waals surface area contributed by atoms with Crippen molar-refractivity contribution in [2.75, 3.05) is 0 Å². The lowest BCUT2D eigenvalue weighted by Crippen LogP contribution is -2.43. The molecule has 1 aliphatic carbocycles. The lowest BCUT2D eigenvalue weighted by atomic mass is 9.94. The number of halogens is 2. The van der Waals surface area contributed by atoms with Crippen LogP contribution in [0, 0.1) is 11.7 Å². The van der Waals surface area contributed by atoms with Gasteiger partial charge in [0.25, 0.3) is 5.91 Å². The van der Waals surface area contributed by atoms with E-state index in [1.807, 2.05) is 0 Å². The highest BCUT2D eigenvalue weighted by atomic mass is 79.9. The predicted octanol–water partition coefficient (Wildman–Crippen LogP) is 3.35. The van der Waals surface area contributed by atoms with Crippen molar-refractivity contribution >= 4 is 27.8 Å². The highest BCUT2D eigenvalue weighted by molar-refractivity contribution is 9.10. The third kappa shape index (κ3) is 3.81. The van der Waals surface area contributed by atoms with E-state index in [0.717, 1.165) is 19.3 Å². The molecule has 114 valence electrons. The van der Waals surface area contributed by atoms with E-state index >= 15 is 0 Å². The van der Waals surface area contributed by atoms with Gasteiger partial charge in [0, 0.05) is 6.04 Å². The molecule has 0 bridgehead atoms. The number of rotatable bonds is 3. The summed E-state index contributed by atoms with van der Waals surface area (Å²) >= 11 is 3.05. The van der Waals surface area contributed by atoms with Crippen molar-refractivity contribution < 1.29 is 19.1 Å². The van der Waals surface area contributed by atoms with Crippen LogP contribution in [0.5, 0.6) is 0 Å². The number of benzene rings is 1. The predicted molar refractivity (Wildman–Crippen MR) is 79.6 cm³/mol. The van der Waals surface area contributed by atoms with Gasteiger partial charge in [0.1, 0.15) is 5.82 Å². The first-order valence-corrected chi connectivity index (χ1v) is 7.77. The SMILES string of the molecule is O=C(NC1CCCCCC1C(=O)O)c1cccc(F)c1Br. The second-order valence-corrected chi connectivity index (χ2v) is 6.06. The van der Waals surface area contributed by atoms with E-state index < -0.39 is 29.7 Å². The van der Waals surface area contributed by atoms with Crippen LogP contribution in [-0.4, -0.2) is 23.0 Å². The second-order valence-electron chi connectivity index (χ2n) is 5.26. The summed E-state index contributed by atoms with van der Waals surface area (Å²) in [6.07, 6.45) is 3.91. The lowest BCUT2D eigenvalue weighted by molar-refractivity contribution is -0.142. The van der Waals surface area contributed by atoms with Gasteiger partial charge in [0.05, 0.1) is 16.0 Å². The van der Waals surface area contributed by atoms with Crippen LogP contribution in [0.4, 0.5) is 4.39 Å². The molecule has 2 unspecified atom stereocenters. The average molecular weight is 358 g/mol. The van der Waals surface area contributed by atoms with E-state index in [2.05, 4.69) is 21.2 Å². The second kappa shape index (κ2) is 7.02. The normalized spacial score (nSPS) is 22.4. The molecule has 1 aromatic rings. The van der Waals surface area contributed by atoms with Crippen molar-refractivity contribution in [2.24, 2.45) is 5.92 Å². The fraction of sp³-hybridized carbons (Fsp3) is 0.467. The Morgan fingerprint density at radius 3 is 2.67 bits per heavy atom. The maximum atomic E-state index is 13.5. The number of carboxylic acid groups (broad SMARTS) is 1. The maximum absolute atomic E-state index is 13.5. The summed E-state index contributed by atoms with van der Waals surface area (Å²) in [7, 11) is 0. The monoisotopic (exact) mass is 357 g/mol. The molecule has 0 radical (unpaired) electrons. The number of nitrogens with one attached hydrogen (secondary N) is 1. The van der Waals surface area contributed by atoms with Crippen molar-refractivity contribution in [3.8, 4) is 0 Å². The first-order chi connectivity index (χ1) is 10.0. The fourth-order valence-electron chi connectivity index (χ4n) is 2.70. The van der Waals surface area contributed by atoms with Crippen LogP contribution >= 0.6 is 15.9 Å². The number of aliphatic carboxylic acids is 1. The van der Waals surface area contributed by atoms with Crippen LogP contribution in [0.1, 0.15) is 42.5 Å². The molecule has 0 saturated heterocycles. The highest BCUT2D eigenvalue weighted by Gasteiger charge is 2.31. The summed E-state index contributed by atoms with van der Waals surface area (Å²) < 4.78 is 13.6. The Balaban J connectivity index is 2.16. The topological polar surface area (TPSA) is 66.4 Å². The number of amides is 1. The van der Waals surface area contributed by atoms with Gasteiger partial charge in [0.2, 0.25) is 0 Å². The van der Waals surface area contributed by atoms with Gasteiger partial charge in [-0.05, 0) is 40.9 Å². The molecule has 2 atom stereocenters. The Morgan fingerprint density at radius 2 is 1.95 bits per heavy atom. The van der Waals surface area contributed by atoms with Crippen molar-refractivity contribution in [1.82, 2.24) is 5.32 Å². The summed E-state index contributed by atoms with van der Waals surface area (Å²) in [6.45, 7) is 0. The third-order valence-corrected chi connectivity index (χ3v) is 4.65. The summed E-state index contributed by atoms with van der Waals surface area (Å²) in [5.74, 6) is -2.43. The first-order valence-electron chi connectivity index (χ1n) is 6.98. The number of carboxylic acids is 1. The maximum Gasteiger partial charge on any atom is 0.308 e. The van der Waals surface area contributed by atoms with Crippen LogP contribution < -0.4 is 5.32 Å². The molecule has 2 N–H and O–H groups in total. The van der Waals surface area contributed by atoms with Crippen LogP contribution in [0.25, 0.3) is 0 Å². The molecule has 21 heavy (non-hydrogen) atoms. The van der Waals surface area contributed by atoms with E-state index in [9.17, 15) is 19.1 Å². The highest BCUT2D eigenvalue weighted by Crippen LogP contribution is 2.25. The summed E-state index contributed by atoms with van der Waals surface area (Å²) in [5, 5.41) is 12.1. The third-order valence-electron chi connectivity index (χ3n) is 3.85. The van der Waals surface area contributed by atoms with E-state index in [-0.39, 0.29) is 10.0 Å². The van der Waals surface area contributed by atoms with Gasteiger partial charge < -0.3 is 10.4 Å². The Labute approximate surface area is 130 Å². The molecule has 0 aliphatic heterocycles. The van der Waals surface area contributed by atoms with Gasteiger partial charge in [-0.2, -0.15) is 0 Å². The largest absolute Gasteiger partial charge is 0.481 e. The molecular formula is C15H17BrFNO3. The quantitative estimate of drug-likeness (QED) is 0.815. The van der Waals surface area contributed by atoms with E-state index in [1.165, 1.54) is 18.2 Å². The molecular weight excluding hydrogens is 341 g/mol. The van der Waals surface area contributed by atoms with E-state index in [4.69, 9.17) is 0 Å². The van der Waals surface area contributed by atoms with Gasteiger partial charge in [-0.15, -0.1) is 0 Å². The van der Waals surface area contributed by atoms with Crippen LogP contribution in [0.2, 0.25) is 0 Å². The number of carbonyl (C=O) groups excluding carboxylic acids is 1. The Kier molecular flexibility index (Phi) is 5.33. The zero-order chi connectivity index (χ0) is 15.4. The van der Waals surface area contributed by atoms with Crippen LogP contribution in [0.15, 0.2) is 22.7 Å². The molecule has 1 aliphatic rings. The van der Waals surface area contributed by atoms with Crippen molar-refractivity contribution in [2.45, 2.75) is 38.1 Å². The minimum atomic E-state index is -0.888. The number of hydrogen-bond donors (Lipinski definition) is 2. The smallest absolute Gasteiger partial charge is 0.308 e. The summed E-state index contributed by atoms with van der Waals surface area (Å²) in [6, 6.07) is 3.81. The van der Waals surface area contributed by atoms with Crippen molar-refractivity contribution in [1.29, 1.82) is 0 Å². The zero-order valence-corrected chi connectivity index (χ0v) is 13.0. The van der Waals surface area contributed by atoms with Gasteiger partial charge in [-0.3, -0.25) is 9.59 Å². The molecule has 1 saturated carbocycles. The molecule has 0 aromatic heterocycles. The molecule has 1 aromatic carbocycles. The Morgan fingerprint density at radius 1 is 1.24 bits per heavy atom. The molecule has 1 amide bonds. The molecule has 6 heteroatoms. The van der Waals surface area contributed by atoms with Gasteiger partial charge >= 0.3 is 5.97 Å². The standard InChI is InChI=1S/C15H17BrFNO3/c16-13-10(6-4-7-11(13)17)14(19)18-12-8-3-1-2-5-9(12)15(20)21/h4,6-7,9,12H,1-3,5,8H2,(H,18,19)(H,20,21). The van der Waals surface area contributed by atoms with Gasteiger partial charge in [-0.25, -0.2) is 4.39 Å². The molecule has 0 heterocycles.